The minimum atomic E-state index is -0.675. The number of carbonyl (C=O) groups is 3. The summed E-state index contributed by atoms with van der Waals surface area (Å²) in [7, 11) is 1.52. The predicted octanol–water partition coefficient (Wildman–Crippen LogP) is 4.68. The number of piperazine rings is 1. The highest BCUT2D eigenvalue weighted by Crippen LogP contribution is 2.38. The number of nitriles is 1. The van der Waals surface area contributed by atoms with E-state index in [1.54, 1.807) is 4.90 Å². The maximum absolute atomic E-state index is 13.4. The number of ether oxygens (including phenoxy) is 1. The van der Waals surface area contributed by atoms with Crippen LogP contribution in [0.25, 0.3) is 10.9 Å². The number of nitrogens with one attached hydrogen (secondary N) is 2. The van der Waals surface area contributed by atoms with Gasteiger partial charge in [-0.3, -0.25) is 29.7 Å². The third-order valence-corrected chi connectivity index (χ3v) is 13.1. The van der Waals surface area contributed by atoms with Gasteiger partial charge in [-0.05, 0) is 85.4 Å². The number of nitrogens with zero attached hydrogens (tertiary/aromatic N) is 8. The van der Waals surface area contributed by atoms with E-state index in [4.69, 9.17) is 21.3 Å². The summed E-state index contributed by atoms with van der Waals surface area (Å²) in [5.74, 6) is 1.25. The summed E-state index contributed by atoms with van der Waals surface area (Å²) in [6.45, 7) is 8.93. The molecule has 1 unspecified atom stereocenters. The summed E-state index contributed by atoms with van der Waals surface area (Å²) in [6, 6.07) is 16.6. The van der Waals surface area contributed by atoms with Crippen molar-refractivity contribution in [2.75, 3.05) is 80.7 Å². The number of carbonyl (C=O) groups excluding carboxylic acids is 3. The Kier molecular flexibility index (Phi) is 10.1. The smallest absolute Gasteiger partial charge is 0.260 e. The third kappa shape index (κ3) is 7.12. The van der Waals surface area contributed by atoms with E-state index in [0.717, 1.165) is 94.3 Å². The van der Waals surface area contributed by atoms with E-state index in [0.29, 0.717) is 46.5 Å². The van der Waals surface area contributed by atoms with Gasteiger partial charge in [0, 0.05) is 77.6 Å². The zero-order chi connectivity index (χ0) is 39.2. The van der Waals surface area contributed by atoms with E-state index < -0.39 is 11.9 Å². The van der Waals surface area contributed by atoms with Crippen molar-refractivity contribution >= 4 is 57.4 Å². The summed E-state index contributed by atoms with van der Waals surface area (Å²) >= 11 is 6.42. The molecule has 0 bridgehead atoms. The van der Waals surface area contributed by atoms with Crippen molar-refractivity contribution in [3.63, 3.8) is 0 Å². The molecule has 2 aromatic carbocycles. The Morgan fingerprint density at radius 3 is 2.33 bits per heavy atom. The van der Waals surface area contributed by atoms with E-state index in [-0.39, 0.29) is 24.1 Å². The van der Waals surface area contributed by atoms with Gasteiger partial charge in [0.25, 0.3) is 5.91 Å². The first-order valence-corrected chi connectivity index (χ1v) is 20.5. The van der Waals surface area contributed by atoms with Crippen LogP contribution in [-0.2, 0) is 16.1 Å². The fourth-order valence-electron chi connectivity index (χ4n) is 9.58. The third-order valence-electron chi connectivity index (χ3n) is 12.8. The van der Waals surface area contributed by atoms with Gasteiger partial charge in [-0.25, -0.2) is 0 Å². The number of aromatic nitrogens is 3. The first-order valence-electron chi connectivity index (χ1n) is 20.1. The highest BCUT2D eigenvalue weighted by molar-refractivity contribution is 6.36. The number of amides is 3. The maximum atomic E-state index is 13.4. The molecule has 2 aromatic heterocycles. The SMILES string of the molecule is COc1nc(N2CCN(CC3CCN(c4ccc(C5CCN(c6ccc(Cl)c7c(C#N)n[nH]c67)CC5)cc4)CC3)CC2)cc2c1C(=O)N(C1CCC(=O)NC1=O)C2. The first-order chi connectivity index (χ1) is 27.8. The molecule has 14 nitrogen and oxygen atoms in total. The Labute approximate surface area is 336 Å². The average Bonchev–Trinajstić information content (AvgIpc) is 3.83. The van der Waals surface area contributed by atoms with Gasteiger partial charge in [-0.1, -0.05) is 23.7 Å². The maximum Gasteiger partial charge on any atom is 0.260 e. The molecular weight excluding hydrogens is 744 g/mol. The van der Waals surface area contributed by atoms with Crippen LogP contribution >= 0.6 is 11.6 Å². The average molecular weight is 791 g/mol. The Hall–Kier alpha value is -5.39. The van der Waals surface area contributed by atoms with Gasteiger partial charge in [-0.15, -0.1) is 0 Å². The van der Waals surface area contributed by atoms with Crippen molar-refractivity contribution in [1.29, 1.82) is 5.26 Å². The molecule has 4 saturated heterocycles. The molecule has 57 heavy (non-hydrogen) atoms. The van der Waals surface area contributed by atoms with Gasteiger partial charge >= 0.3 is 0 Å². The number of imide groups is 1. The Balaban J connectivity index is 0.740. The molecule has 4 aromatic rings. The fourth-order valence-corrected chi connectivity index (χ4v) is 9.83. The first kappa shape index (κ1) is 37.2. The molecule has 4 fully saturated rings. The summed E-state index contributed by atoms with van der Waals surface area (Å²) in [5.41, 5.74) is 6.15. The number of aromatic amines is 1. The molecule has 2 N–H and O–H groups in total. The molecule has 9 rings (SSSR count). The second-order valence-corrected chi connectivity index (χ2v) is 16.4. The number of hydrogen-bond acceptors (Lipinski definition) is 11. The Morgan fingerprint density at radius 2 is 1.63 bits per heavy atom. The molecule has 0 saturated carbocycles. The molecule has 296 valence electrons. The van der Waals surface area contributed by atoms with E-state index in [9.17, 15) is 19.6 Å². The molecule has 3 amide bonds. The van der Waals surface area contributed by atoms with Gasteiger partial charge in [0.1, 0.15) is 23.5 Å². The number of methoxy groups -OCH3 is 1. The zero-order valence-corrected chi connectivity index (χ0v) is 32.9. The summed E-state index contributed by atoms with van der Waals surface area (Å²) < 4.78 is 5.60. The van der Waals surface area contributed by atoms with Crippen molar-refractivity contribution in [2.45, 2.75) is 57.0 Å². The number of halogens is 1. The fraction of sp³-hybridized carbons (Fsp3) is 0.476. The van der Waals surface area contributed by atoms with E-state index in [2.05, 4.69) is 65.4 Å². The highest BCUT2D eigenvalue weighted by atomic mass is 35.5. The molecule has 0 radical (unpaired) electrons. The van der Waals surface area contributed by atoms with Gasteiger partial charge < -0.3 is 24.3 Å². The van der Waals surface area contributed by atoms with Crippen molar-refractivity contribution < 1.29 is 19.1 Å². The summed E-state index contributed by atoms with van der Waals surface area (Å²) in [4.78, 5) is 53.7. The van der Waals surface area contributed by atoms with Crippen LogP contribution in [0.4, 0.5) is 17.2 Å². The molecule has 0 spiro atoms. The van der Waals surface area contributed by atoms with Crippen LogP contribution < -0.4 is 24.8 Å². The quantitative estimate of drug-likeness (QED) is 0.240. The molecule has 7 heterocycles. The lowest BCUT2D eigenvalue weighted by Gasteiger charge is -2.40. The topological polar surface area (TPSA) is 154 Å². The number of hydrogen-bond donors (Lipinski definition) is 2. The second kappa shape index (κ2) is 15.5. The number of rotatable bonds is 8. The molecule has 0 aliphatic carbocycles. The van der Waals surface area contributed by atoms with Crippen LogP contribution in [-0.4, -0.2) is 115 Å². The van der Waals surface area contributed by atoms with Gasteiger partial charge in [0.05, 0.1) is 28.7 Å². The number of pyridine rings is 1. The van der Waals surface area contributed by atoms with Crippen molar-refractivity contribution in [3.8, 4) is 11.9 Å². The lowest BCUT2D eigenvalue weighted by atomic mass is 9.89. The Morgan fingerprint density at radius 1 is 0.895 bits per heavy atom. The molecule has 5 aliphatic rings. The minimum Gasteiger partial charge on any atom is -0.480 e. The standard InChI is InChI=1S/C42H47ClN10O4/c1-57-41-37-29(25-53(42(37)56)34-8-9-36(54)46-40(34)55)22-35(45-41)52-20-18-49(19-21-52)24-26-10-14-50(15-11-26)30-4-2-27(3-5-30)28-12-16-51(17-13-28)33-7-6-31(43)38-32(23-44)47-48-39(33)38/h2-7,22,26,28,34H,8-21,24-25H2,1H3,(H,47,48)(H,46,54,55). The molecule has 1 atom stereocenters. The number of benzene rings is 2. The van der Waals surface area contributed by atoms with E-state index in [1.165, 1.54) is 31.2 Å². The minimum absolute atomic E-state index is 0.216. The molecular formula is C42H47ClN10O4. The second-order valence-electron chi connectivity index (χ2n) is 16.0. The normalized spacial score (nSPS) is 21.3. The van der Waals surface area contributed by atoms with Crippen LogP contribution in [0.1, 0.15) is 71.6 Å². The Bertz CT molecular complexity index is 2230. The van der Waals surface area contributed by atoms with E-state index >= 15 is 0 Å². The number of anilines is 3. The van der Waals surface area contributed by atoms with Crippen LogP contribution in [0.15, 0.2) is 42.5 Å². The van der Waals surface area contributed by atoms with Crippen LogP contribution in [0.2, 0.25) is 5.02 Å². The lowest BCUT2D eigenvalue weighted by Crippen LogP contribution is -2.52. The van der Waals surface area contributed by atoms with Crippen LogP contribution in [0.5, 0.6) is 5.88 Å². The summed E-state index contributed by atoms with van der Waals surface area (Å²) in [6.07, 6.45) is 5.00. The van der Waals surface area contributed by atoms with Crippen LogP contribution in [0, 0.1) is 17.2 Å². The van der Waals surface area contributed by atoms with Gasteiger partial charge in [0.2, 0.25) is 17.7 Å². The number of H-pyrrole nitrogens is 1. The van der Waals surface area contributed by atoms with Crippen molar-refractivity contribution in [3.05, 3.63) is 69.9 Å². The van der Waals surface area contributed by atoms with E-state index in [1.807, 2.05) is 18.2 Å². The lowest BCUT2D eigenvalue weighted by molar-refractivity contribution is -0.136. The number of fused-ring (bicyclic) bond motifs is 2. The zero-order valence-electron chi connectivity index (χ0n) is 32.2. The molecule has 5 aliphatic heterocycles. The largest absolute Gasteiger partial charge is 0.480 e. The predicted molar refractivity (Wildman–Crippen MR) is 217 cm³/mol. The van der Waals surface area contributed by atoms with Crippen LogP contribution in [0.3, 0.4) is 0 Å². The monoisotopic (exact) mass is 790 g/mol. The highest BCUT2D eigenvalue weighted by Gasteiger charge is 2.41. The van der Waals surface area contributed by atoms with Crippen molar-refractivity contribution in [2.24, 2.45) is 5.92 Å². The van der Waals surface area contributed by atoms with Gasteiger partial charge in [-0.2, -0.15) is 15.3 Å². The summed E-state index contributed by atoms with van der Waals surface area (Å²) in [5, 5.41) is 20.3. The van der Waals surface area contributed by atoms with Crippen molar-refractivity contribution in [1.82, 2.24) is 30.3 Å². The number of piperidine rings is 3. The molecule has 15 heteroatoms. The van der Waals surface area contributed by atoms with Gasteiger partial charge in [0.15, 0.2) is 5.69 Å².